The van der Waals surface area contributed by atoms with E-state index in [4.69, 9.17) is 0 Å². The summed E-state index contributed by atoms with van der Waals surface area (Å²) in [4.78, 5) is 13.8. The minimum absolute atomic E-state index is 0.165. The first-order chi connectivity index (χ1) is 10.2. The fourth-order valence-corrected chi connectivity index (χ4v) is 4.29. The van der Waals surface area contributed by atoms with Gasteiger partial charge < -0.3 is 4.57 Å². The van der Waals surface area contributed by atoms with Crippen molar-refractivity contribution in [3.8, 4) is 0 Å². The van der Waals surface area contributed by atoms with Crippen LogP contribution < -0.4 is 4.87 Å². The van der Waals surface area contributed by atoms with Gasteiger partial charge in [0.25, 0.3) is 0 Å². The van der Waals surface area contributed by atoms with Crippen LogP contribution in [-0.4, -0.2) is 19.3 Å². The van der Waals surface area contributed by atoms with Crippen LogP contribution >= 0.6 is 11.3 Å². The van der Waals surface area contributed by atoms with E-state index < -0.39 is 0 Å². The molecule has 5 nitrogen and oxygen atoms in total. The molecule has 0 unspecified atom stereocenters. The zero-order valence-corrected chi connectivity index (χ0v) is 13.2. The number of aryl methyl sites for hydroxylation is 1. The minimum Gasteiger partial charge on any atom is -0.316 e. The van der Waals surface area contributed by atoms with Crippen molar-refractivity contribution >= 4 is 11.3 Å². The van der Waals surface area contributed by atoms with Crippen LogP contribution in [0.3, 0.4) is 0 Å². The molecule has 2 aromatic rings. The molecule has 21 heavy (non-hydrogen) atoms. The number of aromatic nitrogens is 4. The van der Waals surface area contributed by atoms with Gasteiger partial charge >= 0.3 is 4.87 Å². The summed E-state index contributed by atoms with van der Waals surface area (Å²) < 4.78 is 4.02. The Labute approximate surface area is 127 Å². The van der Waals surface area contributed by atoms with Crippen molar-refractivity contribution in [3.63, 3.8) is 0 Å². The van der Waals surface area contributed by atoms with Crippen molar-refractivity contribution in [3.05, 3.63) is 31.9 Å². The van der Waals surface area contributed by atoms with E-state index >= 15 is 0 Å². The molecule has 2 aliphatic carbocycles. The van der Waals surface area contributed by atoms with Gasteiger partial charge in [0, 0.05) is 23.5 Å². The summed E-state index contributed by atoms with van der Waals surface area (Å²) in [7, 11) is 2.03. The van der Waals surface area contributed by atoms with Gasteiger partial charge in [-0.1, -0.05) is 17.8 Å². The topological polar surface area (TPSA) is 52.7 Å². The second-order valence-electron chi connectivity index (χ2n) is 6.19. The molecular weight excluding hydrogens is 284 g/mol. The van der Waals surface area contributed by atoms with Gasteiger partial charge in [-0.05, 0) is 38.5 Å². The molecule has 0 spiro atoms. The van der Waals surface area contributed by atoms with Gasteiger partial charge in [0.15, 0.2) is 5.82 Å². The first-order valence-corrected chi connectivity index (χ1v) is 8.65. The van der Waals surface area contributed by atoms with Crippen LogP contribution in [0.1, 0.15) is 60.2 Å². The Bertz CT molecular complexity index is 723. The third-order valence-corrected chi connectivity index (χ3v) is 5.72. The van der Waals surface area contributed by atoms with Crippen LogP contribution in [-0.2, 0) is 26.4 Å². The molecule has 0 bridgehead atoms. The molecule has 0 amide bonds. The van der Waals surface area contributed by atoms with Crippen molar-refractivity contribution < 1.29 is 0 Å². The van der Waals surface area contributed by atoms with Crippen LogP contribution in [0, 0.1) is 0 Å². The van der Waals surface area contributed by atoms with Crippen LogP contribution in [0.25, 0.3) is 0 Å². The zero-order chi connectivity index (χ0) is 14.4. The van der Waals surface area contributed by atoms with E-state index in [1.165, 1.54) is 54.0 Å². The average molecular weight is 304 g/mol. The van der Waals surface area contributed by atoms with Crippen LogP contribution in [0.4, 0.5) is 0 Å². The number of fused-ring (bicyclic) bond motifs is 1. The molecule has 1 saturated carbocycles. The lowest BCUT2D eigenvalue weighted by Gasteiger charge is -2.08. The first kappa shape index (κ1) is 13.2. The lowest BCUT2D eigenvalue weighted by Crippen LogP contribution is -2.19. The monoisotopic (exact) mass is 304 g/mol. The van der Waals surface area contributed by atoms with Gasteiger partial charge in [-0.15, -0.1) is 10.2 Å². The average Bonchev–Trinajstić information content (AvgIpc) is 3.22. The smallest absolute Gasteiger partial charge is 0.307 e. The maximum absolute atomic E-state index is 12.3. The minimum atomic E-state index is 0.165. The molecule has 0 atom stereocenters. The highest BCUT2D eigenvalue weighted by Crippen LogP contribution is 2.38. The molecule has 0 aliphatic heterocycles. The molecule has 4 rings (SSSR count). The molecule has 2 aromatic heterocycles. The molecule has 1 fully saturated rings. The number of hydrogen-bond acceptors (Lipinski definition) is 4. The molecule has 0 N–H and O–H groups in total. The fourth-order valence-electron chi connectivity index (χ4n) is 3.22. The number of thiazole rings is 1. The van der Waals surface area contributed by atoms with E-state index in [1.807, 2.05) is 11.6 Å². The Morgan fingerprint density at radius 3 is 2.81 bits per heavy atom. The molecule has 0 radical (unpaired) electrons. The van der Waals surface area contributed by atoms with E-state index in [1.54, 1.807) is 0 Å². The summed E-state index contributed by atoms with van der Waals surface area (Å²) in [6.45, 7) is 0.570. The Hall–Kier alpha value is -1.43. The number of rotatable bonds is 3. The van der Waals surface area contributed by atoms with E-state index in [9.17, 15) is 4.79 Å². The second-order valence-corrected chi connectivity index (χ2v) is 7.24. The van der Waals surface area contributed by atoms with E-state index in [0.29, 0.717) is 12.5 Å². The van der Waals surface area contributed by atoms with E-state index in [2.05, 4.69) is 14.8 Å². The predicted octanol–water partition coefficient (Wildman–Crippen LogP) is 2.23. The van der Waals surface area contributed by atoms with Gasteiger partial charge in [-0.2, -0.15) is 0 Å². The summed E-state index contributed by atoms with van der Waals surface area (Å²) in [6, 6.07) is 0. The molecule has 0 aromatic carbocycles. The van der Waals surface area contributed by atoms with E-state index in [0.717, 1.165) is 24.5 Å². The largest absolute Gasteiger partial charge is 0.316 e. The van der Waals surface area contributed by atoms with Crippen LogP contribution in [0.2, 0.25) is 0 Å². The maximum atomic E-state index is 12.3. The Morgan fingerprint density at radius 1 is 1.19 bits per heavy atom. The normalized spacial score (nSPS) is 18.5. The van der Waals surface area contributed by atoms with Crippen LogP contribution in [0.15, 0.2) is 4.79 Å². The molecular formula is C15H20N4OS. The van der Waals surface area contributed by atoms with Gasteiger partial charge in [-0.3, -0.25) is 9.36 Å². The third-order valence-electron chi connectivity index (χ3n) is 4.64. The molecule has 6 heteroatoms. The van der Waals surface area contributed by atoms with Crippen LogP contribution in [0.5, 0.6) is 0 Å². The summed E-state index contributed by atoms with van der Waals surface area (Å²) in [6.07, 6.45) is 8.21. The predicted molar refractivity (Wildman–Crippen MR) is 81.9 cm³/mol. The quantitative estimate of drug-likeness (QED) is 0.817. The van der Waals surface area contributed by atoms with Crippen molar-refractivity contribution in [2.75, 3.05) is 0 Å². The Balaban J connectivity index is 1.68. The van der Waals surface area contributed by atoms with Gasteiger partial charge in [0.2, 0.25) is 0 Å². The summed E-state index contributed by atoms with van der Waals surface area (Å²) in [5, 5.41) is 8.64. The summed E-state index contributed by atoms with van der Waals surface area (Å²) >= 11 is 1.43. The van der Waals surface area contributed by atoms with Crippen molar-refractivity contribution in [1.29, 1.82) is 0 Å². The SMILES string of the molecule is Cn1c(Cn2c3c(sc2=O)CCCCC3)nnc1C1CC1. The van der Waals surface area contributed by atoms with Gasteiger partial charge in [-0.25, -0.2) is 0 Å². The van der Waals surface area contributed by atoms with Crippen molar-refractivity contribution in [2.24, 2.45) is 7.05 Å². The highest BCUT2D eigenvalue weighted by molar-refractivity contribution is 7.09. The van der Waals surface area contributed by atoms with Crippen molar-refractivity contribution in [2.45, 2.75) is 57.4 Å². The summed E-state index contributed by atoms with van der Waals surface area (Å²) in [5.41, 5.74) is 1.25. The number of hydrogen-bond donors (Lipinski definition) is 0. The summed E-state index contributed by atoms with van der Waals surface area (Å²) in [5.74, 6) is 2.58. The Kier molecular flexibility index (Phi) is 3.21. The molecule has 2 heterocycles. The van der Waals surface area contributed by atoms with Crippen molar-refractivity contribution in [1.82, 2.24) is 19.3 Å². The lowest BCUT2D eigenvalue weighted by molar-refractivity contribution is 0.635. The maximum Gasteiger partial charge on any atom is 0.307 e. The van der Waals surface area contributed by atoms with Gasteiger partial charge in [0.05, 0.1) is 6.54 Å². The highest BCUT2D eigenvalue weighted by Gasteiger charge is 2.29. The fraction of sp³-hybridized carbons (Fsp3) is 0.667. The zero-order valence-electron chi connectivity index (χ0n) is 12.3. The standard InChI is InChI=1S/C15H20N4OS/c1-18-13(16-17-14(18)10-7-8-10)9-19-11-5-3-2-4-6-12(11)21-15(19)20/h10H,2-9H2,1H3. The molecule has 0 saturated heterocycles. The molecule has 2 aliphatic rings. The lowest BCUT2D eigenvalue weighted by atomic mass is 10.2. The highest BCUT2D eigenvalue weighted by atomic mass is 32.1. The third kappa shape index (κ3) is 2.35. The van der Waals surface area contributed by atoms with Gasteiger partial charge in [0.1, 0.15) is 5.82 Å². The Morgan fingerprint density at radius 2 is 2.00 bits per heavy atom. The number of nitrogens with zero attached hydrogens (tertiary/aromatic N) is 4. The van der Waals surface area contributed by atoms with E-state index in [-0.39, 0.29) is 4.87 Å². The molecule has 112 valence electrons. The second kappa shape index (κ2) is 5.09. The first-order valence-electron chi connectivity index (χ1n) is 7.83.